The molecule has 1 rings (SSSR count). The van der Waals surface area contributed by atoms with Gasteiger partial charge in [0.15, 0.2) is 5.96 Å². The van der Waals surface area contributed by atoms with Crippen LogP contribution in [0.5, 0.6) is 0 Å². The first-order valence-electron chi connectivity index (χ1n) is 4.16. The first kappa shape index (κ1) is 11.3. The second kappa shape index (κ2) is 4.65. The summed E-state index contributed by atoms with van der Waals surface area (Å²) in [5, 5.41) is 9.99. The first-order valence-corrected chi connectivity index (χ1v) is 4.54. The van der Waals surface area contributed by atoms with Gasteiger partial charge in [-0.05, 0) is 17.7 Å². The molecule has 1 aromatic rings. The van der Waals surface area contributed by atoms with E-state index in [2.05, 4.69) is 5.32 Å². The van der Waals surface area contributed by atoms with Crippen LogP contribution in [0.25, 0.3) is 0 Å². The van der Waals surface area contributed by atoms with Crippen LogP contribution in [0.1, 0.15) is 11.6 Å². The maximum atomic E-state index is 11.1. The first-order chi connectivity index (χ1) is 7.00. The van der Waals surface area contributed by atoms with Crippen LogP contribution in [0.15, 0.2) is 24.3 Å². The topological polar surface area (TPSA) is 105 Å². The van der Waals surface area contributed by atoms with Gasteiger partial charge in [0.05, 0.1) is 0 Å². The van der Waals surface area contributed by atoms with Crippen molar-refractivity contribution in [1.29, 1.82) is 5.41 Å². The molecule has 1 unspecified atom stereocenters. The third kappa shape index (κ3) is 3.14. The van der Waals surface area contributed by atoms with E-state index >= 15 is 0 Å². The second-order valence-corrected chi connectivity index (χ2v) is 3.38. The molecule has 6 heteroatoms. The van der Waals surface area contributed by atoms with Gasteiger partial charge in [0, 0.05) is 5.02 Å². The molecule has 0 spiro atoms. The molecule has 0 heterocycles. The number of primary amides is 1. The Morgan fingerprint density at radius 1 is 1.47 bits per heavy atom. The van der Waals surface area contributed by atoms with Gasteiger partial charge >= 0.3 is 0 Å². The molecule has 0 saturated carbocycles. The number of carbonyl (C=O) groups is 1. The smallest absolute Gasteiger partial charge is 0.244 e. The lowest BCUT2D eigenvalue weighted by molar-refractivity contribution is -0.119. The van der Waals surface area contributed by atoms with Crippen molar-refractivity contribution >= 4 is 23.5 Å². The number of nitrogens with one attached hydrogen (secondary N) is 2. The number of hydrogen-bond acceptors (Lipinski definition) is 2. The zero-order valence-electron chi connectivity index (χ0n) is 7.83. The van der Waals surface area contributed by atoms with Crippen LogP contribution in [0.3, 0.4) is 0 Å². The van der Waals surface area contributed by atoms with E-state index in [0.717, 1.165) is 0 Å². The largest absolute Gasteiger partial charge is 0.370 e. The molecule has 0 aliphatic carbocycles. The Hall–Kier alpha value is -1.75. The standard InChI is InChI=1S/C9H11ClN4O/c10-6-3-1-2-5(4-6)7(8(11)15)14-9(12)13/h1-4,7H,(H2,11,15)(H4,12,13,14). The van der Waals surface area contributed by atoms with Crippen molar-refractivity contribution in [1.82, 2.24) is 5.32 Å². The van der Waals surface area contributed by atoms with Gasteiger partial charge in [0.1, 0.15) is 6.04 Å². The quantitative estimate of drug-likeness (QED) is 0.441. The third-order valence-electron chi connectivity index (χ3n) is 1.77. The molecule has 0 saturated heterocycles. The Labute approximate surface area is 91.9 Å². The number of amides is 1. The molecule has 0 fully saturated rings. The highest BCUT2D eigenvalue weighted by molar-refractivity contribution is 6.30. The van der Waals surface area contributed by atoms with E-state index < -0.39 is 11.9 Å². The lowest BCUT2D eigenvalue weighted by Gasteiger charge is -2.15. The monoisotopic (exact) mass is 226 g/mol. The maximum absolute atomic E-state index is 11.1. The van der Waals surface area contributed by atoms with Gasteiger partial charge in [-0.1, -0.05) is 23.7 Å². The van der Waals surface area contributed by atoms with E-state index in [4.69, 9.17) is 28.5 Å². The van der Waals surface area contributed by atoms with E-state index in [1.54, 1.807) is 24.3 Å². The average molecular weight is 227 g/mol. The Bertz CT molecular complexity index is 393. The number of rotatable bonds is 3. The fraction of sp³-hybridized carbons (Fsp3) is 0.111. The number of halogens is 1. The van der Waals surface area contributed by atoms with Gasteiger partial charge in [0.2, 0.25) is 5.91 Å². The fourth-order valence-electron chi connectivity index (χ4n) is 1.16. The van der Waals surface area contributed by atoms with Crippen LogP contribution in [-0.2, 0) is 4.79 Å². The van der Waals surface area contributed by atoms with Gasteiger partial charge in [-0.2, -0.15) is 0 Å². The van der Waals surface area contributed by atoms with Crippen molar-refractivity contribution in [3.05, 3.63) is 34.9 Å². The highest BCUT2D eigenvalue weighted by Crippen LogP contribution is 2.17. The fourth-order valence-corrected chi connectivity index (χ4v) is 1.36. The number of nitrogens with two attached hydrogens (primary N) is 2. The van der Waals surface area contributed by atoms with Gasteiger partial charge in [-0.25, -0.2) is 0 Å². The highest BCUT2D eigenvalue weighted by atomic mass is 35.5. The molecule has 80 valence electrons. The minimum atomic E-state index is -0.832. The summed E-state index contributed by atoms with van der Waals surface area (Å²) in [7, 11) is 0. The molecule has 0 radical (unpaired) electrons. The number of carbonyl (C=O) groups excluding carboxylic acids is 1. The summed E-state index contributed by atoms with van der Waals surface area (Å²) in [6.45, 7) is 0. The Balaban J connectivity index is 2.98. The van der Waals surface area contributed by atoms with Crippen LogP contribution in [0.4, 0.5) is 0 Å². The Kier molecular flexibility index (Phi) is 3.51. The molecule has 6 N–H and O–H groups in total. The van der Waals surface area contributed by atoms with Crippen molar-refractivity contribution in [2.24, 2.45) is 11.5 Å². The lowest BCUT2D eigenvalue weighted by Crippen LogP contribution is -2.40. The molecule has 0 aliphatic rings. The highest BCUT2D eigenvalue weighted by Gasteiger charge is 2.17. The van der Waals surface area contributed by atoms with E-state index in [-0.39, 0.29) is 5.96 Å². The second-order valence-electron chi connectivity index (χ2n) is 2.95. The summed E-state index contributed by atoms with van der Waals surface area (Å²) in [6, 6.07) is 5.80. The number of hydrogen-bond donors (Lipinski definition) is 4. The molecule has 1 atom stereocenters. The zero-order valence-corrected chi connectivity index (χ0v) is 8.58. The van der Waals surface area contributed by atoms with Gasteiger partial charge in [-0.3, -0.25) is 10.2 Å². The predicted molar refractivity (Wildman–Crippen MR) is 58.4 cm³/mol. The van der Waals surface area contributed by atoms with Crippen molar-refractivity contribution in [3.8, 4) is 0 Å². The van der Waals surface area contributed by atoms with Gasteiger partial charge < -0.3 is 16.8 Å². The van der Waals surface area contributed by atoms with E-state index in [9.17, 15) is 4.79 Å². The van der Waals surface area contributed by atoms with Crippen molar-refractivity contribution in [2.75, 3.05) is 0 Å². The molecule has 1 amide bonds. The molecule has 0 aliphatic heterocycles. The maximum Gasteiger partial charge on any atom is 0.244 e. The molecule has 15 heavy (non-hydrogen) atoms. The van der Waals surface area contributed by atoms with Gasteiger partial charge in [-0.15, -0.1) is 0 Å². The molecule has 1 aromatic carbocycles. The van der Waals surface area contributed by atoms with Crippen LogP contribution in [0.2, 0.25) is 5.02 Å². The summed E-state index contributed by atoms with van der Waals surface area (Å²) in [5.74, 6) is -0.939. The summed E-state index contributed by atoms with van der Waals surface area (Å²) < 4.78 is 0. The number of benzene rings is 1. The van der Waals surface area contributed by atoms with Crippen molar-refractivity contribution in [3.63, 3.8) is 0 Å². The van der Waals surface area contributed by atoms with Crippen LogP contribution in [0, 0.1) is 5.41 Å². The minimum absolute atomic E-state index is 0.321. The van der Waals surface area contributed by atoms with Crippen LogP contribution in [-0.4, -0.2) is 11.9 Å². The zero-order chi connectivity index (χ0) is 11.4. The predicted octanol–water partition coefficient (Wildman–Crippen LogP) is 0.349. The summed E-state index contributed by atoms with van der Waals surface area (Å²) in [5.41, 5.74) is 10.9. The van der Waals surface area contributed by atoms with Crippen molar-refractivity contribution in [2.45, 2.75) is 6.04 Å². The molecular weight excluding hydrogens is 216 g/mol. The number of guanidine groups is 1. The summed E-state index contributed by atoms with van der Waals surface area (Å²) in [6.07, 6.45) is 0. The van der Waals surface area contributed by atoms with E-state index in [1.165, 1.54) is 0 Å². The van der Waals surface area contributed by atoms with Crippen LogP contribution >= 0.6 is 11.6 Å². The summed E-state index contributed by atoms with van der Waals surface area (Å²) in [4.78, 5) is 11.1. The van der Waals surface area contributed by atoms with Crippen LogP contribution < -0.4 is 16.8 Å². The molecule has 0 bridgehead atoms. The third-order valence-corrected chi connectivity index (χ3v) is 2.00. The average Bonchev–Trinajstić information content (AvgIpc) is 2.13. The minimum Gasteiger partial charge on any atom is -0.370 e. The summed E-state index contributed by atoms with van der Waals surface area (Å²) >= 11 is 5.77. The molecule has 5 nitrogen and oxygen atoms in total. The molecular formula is C9H11ClN4O. The Morgan fingerprint density at radius 3 is 2.60 bits per heavy atom. The molecule has 0 aromatic heterocycles. The van der Waals surface area contributed by atoms with E-state index in [1.807, 2.05) is 0 Å². The van der Waals surface area contributed by atoms with E-state index in [0.29, 0.717) is 10.6 Å². The Morgan fingerprint density at radius 2 is 2.13 bits per heavy atom. The van der Waals surface area contributed by atoms with Crippen molar-refractivity contribution < 1.29 is 4.79 Å². The normalized spacial score (nSPS) is 11.8. The van der Waals surface area contributed by atoms with Gasteiger partial charge in [0.25, 0.3) is 0 Å². The SMILES string of the molecule is N=C(N)NC(C(N)=O)c1cccc(Cl)c1. The lowest BCUT2D eigenvalue weighted by atomic mass is 10.1.